The maximum atomic E-state index is 4.07. The second-order valence-electron chi connectivity index (χ2n) is 8.33. The molecule has 2 aromatic rings. The molecule has 1 fully saturated rings. The largest absolute Gasteiger partial charge is 0.357 e. The third kappa shape index (κ3) is 2.11. The highest BCUT2D eigenvalue weighted by atomic mass is 15.1. The fourth-order valence-corrected chi connectivity index (χ4v) is 4.95. The fourth-order valence-electron chi connectivity index (χ4n) is 4.95. The van der Waals surface area contributed by atoms with Gasteiger partial charge in [-0.25, -0.2) is 0 Å². The Hall–Kier alpha value is -1.54. The molecule has 1 saturated heterocycles. The molecule has 0 amide bonds. The van der Waals surface area contributed by atoms with Crippen molar-refractivity contribution in [1.82, 2.24) is 9.88 Å². The molecule has 3 atom stereocenters. The van der Waals surface area contributed by atoms with Gasteiger partial charge in [0.05, 0.1) is 0 Å². The second-order valence-corrected chi connectivity index (χ2v) is 8.33. The normalized spacial score (nSPS) is 27.9. The van der Waals surface area contributed by atoms with Crippen LogP contribution < -0.4 is 0 Å². The predicted octanol–water partition coefficient (Wildman–Crippen LogP) is 4.61. The molecule has 2 heterocycles. The van der Waals surface area contributed by atoms with E-state index in [1.165, 1.54) is 35.1 Å². The Balaban J connectivity index is 1.96. The lowest BCUT2D eigenvalue weighted by atomic mass is 9.71. The second kappa shape index (κ2) is 4.98. The van der Waals surface area contributed by atoms with Crippen LogP contribution in [0.3, 0.4) is 0 Å². The number of likely N-dealkylation sites (tertiary alicyclic amines) is 1. The smallest absolute Gasteiger partial charge is 0.0462 e. The van der Waals surface area contributed by atoms with Crippen LogP contribution in [0.2, 0.25) is 0 Å². The van der Waals surface area contributed by atoms with Crippen LogP contribution in [0.5, 0.6) is 0 Å². The fraction of sp³-hybridized carbons (Fsp3) is 0.524. The number of allylic oxidation sites excluding steroid dienone is 1. The lowest BCUT2D eigenvalue weighted by Crippen LogP contribution is -2.47. The summed E-state index contributed by atoms with van der Waals surface area (Å²) in [5.74, 6) is 1.46. The van der Waals surface area contributed by atoms with Crippen molar-refractivity contribution in [3.8, 4) is 0 Å². The average molecular weight is 308 g/mol. The van der Waals surface area contributed by atoms with Crippen LogP contribution in [0.25, 0.3) is 10.9 Å². The Morgan fingerprint density at radius 2 is 2.13 bits per heavy atom. The van der Waals surface area contributed by atoms with Crippen LogP contribution in [0.15, 0.2) is 30.9 Å². The highest BCUT2D eigenvalue weighted by Gasteiger charge is 2.40. The summed E-state index contributed by atoms with van der Waals surface area (Å²) in [6, 6.07) is 7.47. The SMILES string of the molecule is C=CC(C)(C)c1[nH]c2cccc3c2c1C[C@@H]1[C@H]3C[C@@H](C)CN1C. The first-order valence-corrected chi connectivity index (χ1v) is 8.90. The number of rotatable bonds is 2. The summed E-state index contributed by atoms with van der Waals surface area (Å²) in [5.41, 5.74) is 5.75. The van der Waals surface area contributed by atoms with Crippen molar-refractivity contribution < 1.29 is 0 Å². The van der Waals surface area contributed by atoms with Crippen LogP contribution in [-0.2, 0) is 11.8 Å². The van der Waals surface area contributed by atoms with E-state index in [2.05, 4.69) is 68.6 Å². The van der Waals surface area contributed by atoms with Crippen molar-refractivity contribution in [3.63, 3.8) is 0 Å². The molecular weight excluding hydrogens is 280 g/mol. The minimum absolute atomic E-state index is 0.0149. The van der Waals surface area contributed by atoms with Gasteiger partial charge in [-0.2, -0.15) is 0 Å². The molecule has 0 spiro atoms. The van der Waals surface area contributed by atoms with Gasteiger partial charge in [0.25, 0.3) is 0 Å². The number of H-pyrrole nitrogens is 1. The molecule has 2 nitrogen and oxygen atoms in total. The monoisotopic (exact) mass is 308 g/mol. The molecule has 0 bridgehead atoms. The summed E-state index contributed by atoms with van der Waals surface area (Å²) in [5, 5.41) is 1.50. The van der Waals surface area contributed by atoms with Crippen molar-refractivity contribution in [1.29, 1.82) is 0 Å². The molecule has 0 unspecified atom stereocenters. The van der Waals surface area contributed by atoms with E-state index in [4.69, 9.17) is 0 Å². The molecule has 2 aliphatic rings. The van der Waals surface area contributed by atoms with Crippen molar-refractivity contribution in [2.45, 2.75) is 51.0 Å². The molecule has 0 radical (unpaired) electrons. The minimum atomic E-state index is -0.0149. The number of nitrogens with zero attached hydrogens (tertiary/aromatic N) is 1. The van der Waals surface area contributed by atoms with Gasteiger partial charge in [-0.3, -0.25) is 0 Å². The summed E-state index contributed by atoms with van der Waals surface area (Å²) in [6.45, 7) is 12.2. The third-order valence-electron chi connectivity index (χ3n) is 6.21. The highest BCUT2D eigenvalue weighted by molar-refractivity contribution is 5.90. The maximum absolute atomic E-state index is 4.07. The van der Waals surface area contributed by atoms with Gasteiger partial charge in [0.1, 0.15) is 0 Å². The van der Waals surface area contributed by atoms with E-state index in [0.717, 1.165) is 12.3 Å². The number of piperidine rings is 1. The van der Waals surface area contributed by atoms with Gasteiger partial charge in [-0.15, -0.1) is 6.58 Å². The Morgan fingerprint density at radius 1 is 1.35 bits per heavy atom. The summed E-state index contributed by atoms with van der Waals surface area (Å²) < 4.78 is 0. The van der Waals surface area contributed by atoms with Gasteiger partial charge in [0.2, 0.25) is 0 Å². The van der Waals surface area contributed by atoms with Gasteiger partial charge in [0.15, 0.2) is 0 Å². The van der Waals surface area contributed by atoms with E-state index in [1.54, 1.807) is 5.56 Å². The number of fused-ring (bicyclic) bond motifs is 2. The van der Waals surface area contributed by atoms with E-state index >= 15 is 0 Å². The molecule has 1 aromatic carbocycles. The van der Waals surface area contributed by atoms with Crippen LogP contribution in [-0.4, -0.2) is 29.5 Å². The molecule has 1 aliphatic carbocycles. The molecule has 23 heavy (non-hydrogen) atoms. The van der Waals surface area contributed by atoms with Gasteiger partial charge >= 0.3 is 0 Å². The van der Waals surface area contributed by atoms with Crippen LogP contribution in [0, 0.1) is 5.92 Å². The first-order valence-electron chi connectivity index (χ1n) is 8.90. The summed E-state index contributed by atoms with van der Waals surface area (Å²) in [7, 11) is 2.31. The zero-order chi connectivity index (χ0) is 16.4. The van der Waals surface area contributed by atoms with Crippen LogP contribution in [0.1, 0.15) is 49.9 Å². The number of aromatic amines is 1. The van der Waals surface area contributed by atoms with Gasteiger partial charge in [-0.05, 0) is 43.0 Å². The van der Waals surface area contributed by atoms with E-state index in [9.17, 15) is 0 Å². The molecule has 1 aliphatic heterocycles. The molecular formula is C21H28N2. The summed E-state index contributed by atoms with van der Waals surface area (Å²) >= 11 is 0. The number of nitrogens with one attached hydrogen (secondary N) is 1. The number of hydrogen-bond acceptors (Lipinski definition) is 1. The van der Waals surface area contributed by atoms with Crippen molar-refractivity contribution >= 4 is 10.9 Å². The number of hydrogen-bond donors (Lipinski definition) is 1. The Morgan fingerprint density at radius 3 is 2.87 bits per heavy atom. The Kier molecular flexibility index (Phi) is 3.25. The third-order valence-corrected chi connectivity index (χ3v) is 6.21. The summed E-state index contributed by atoms with van der Waals surface area (Å²) in [6.07, 6.45) is 4.56. The number of aromatic nitrogens is 1. The molecule has 122 valence electrons. The maximum Gasteiger partial charge on any atom is 0.0462 e. The van der Waals surface area contributed by atoms with E-state index in [-0.39, 0.29) is 5.41 Å². The van der Waals surface area contributed by atoms with Crippen molar-refractivity contribution in [3.05, 3.63) is 47.7 Å². The zero-order valence-corrected chi connectivity index (χ0v) is 14.8. The van der Waals surface area contributed by atoms with Crippen LogP contribution in [0.4, 0.5) is 0 Å². The Bertz CT molecular complexity index is 767. The molecule has 2 heteroatoms. The molecule has 0 saturated carbocycles. The van der Waals surface area contributed by atoms with E-state index in [1.807, 2.05) is 0 Å². The van der Waals surface area contributed by atoms with Gasteiger partial charge in [0, 0.05) is 40.5 Å². The number of benzene rings is 1. The van der Waals surface area contributed by atoms with Gasteiger partial charge < -0.3 is 9.88 Å². The standard InChI is InChI=1S/C21H28N2/c1-6-21(3,4)20-16-11-18-15(10-13(2)12-23(18)5)14-8-7-9-17(22-20)19(14)16/h6-9,13,15,18,22H,1,10-12H2,2-5H3/t13-,15+,18-/m1/s1. The first-order chi connectivity index (χ1) is 10.9. The molecule has 1 aromatic heterocycles. The van der Waals surface area contributed by atoms with Crippen LogP contribution >= 0.6 is 0 Å². The van der Waals surface area contributed by atoms with E-state index < -0.39 is 0 Å². The lowest BCUT2D eigenvalue weighted by molar-refractivity contribution is 0.119. The summed E-state index contributed by atoms with van der Waals surface area (Å²) in [4.78, 5) is 6.33. The molecule has 1 N–H and O–H groups in total. The van der Waals surface area contributed by atoms with Gasteiger partial charge in [-0.1, -0.05) is 39.0 Å². The minimum Gasteiger partial charge on any atom is -0.357 e. The topological polar surface area (TPSA) is 19.0 Å². The highest BCUT2D eigenvalue weighted by Crippen LogP contribution is 2.47. The average Bonchev–Trinajstić information content (AvgIpc) is 2.89. The first kappa shape index (κ1) is 15.0. The van der Waals surface area contributed by atoms with Crippen molar-refractivity contribution in [2.24, 2.45) is 5.92 Å². The number of likely N-dealkylation sites (N-methyl/N-ethyl adjacent to an activating group) is 1. The molecule has 4 rings (SSSR count). The zero-order valence-electron chi connectivity index (χ0n) is 14.8. The predicted molar refractivity (Wildman–Crippen MR) is 98.2 cm³/mol. The lowest BCUT2D eigenvalue weighted by Gasteiger charge is -2.45. The quantitative estimate of drug-likeness (QED) is 0.803. The van der Waals surface area contributed by atoms with Crippen molar-refractivity contribution in [2.75, 3.05) is 13.6 Å². The van der Waals surface area contributed by atoms with E-state index in [0.29, 0.717) is 12.0 Å². The Labute approximate surface area is 139 Å².